The molecule has 0 bridgehead atoms. The van der Waals surface area contributed by atoms with Gasteiger partial charge in [0.2, 0.25) is 0 Å². The predicted octanol–water partition coefficient (Wildman–Crippen LogP) is 0.622. The Morgan fingerprint density at radius 3 is 3.00 bits per heavy atom. The molecule has 1 aliphatic heterocycles. The first-order valence-corrected chi connectivity index (χ1v) is 4.82. The highest BCUT2D eigenvalue weighted by Gasteiger charge is 2.43. The highest BCUT2D eigenvalue weighted by Crippen LogP contribution is 2.33. The standard InChI is InChI=1S/C9H15NO3/c1-12-9(11)8-6-4-2-3-5-7(6)13-10-8/h6-8,10H,2-5H2,1H3/t6-,7+,8-/m1/s1. The second kappa shape index (κ2) is 3.64. The third-order valence-electron chi connectivity index (χ3n) is 2.98. The quantitative estimate of drug-likeness (QED) is 0.608. The van der Waals surface area contributed by atoms with Crippen LogP contribution in [-0.4, -0.2) is 25.2 Å². The van der Waals surface area contributed by atoms with Crippen molar-refractivity contribution < 1.29 is 14.4 Å². The fourth-order valence-corrected chi connectivity index (χ4v) is 2.25. The van der Waals surface area contributed by atoms with Gasteiger partial charge in [-0.05, 0) is 12.8 Å². The summed E-state index contributed by atoms with van der Waals surface area (Å²) in [5.74, 6) is 0.121. The largest absolute Gasteiger partial charge is 0.468 e. The molecule has 0 aromatic carbocycles. The number of hydroxylamine groups is 1. The lowest BCUT2D eigenvalue weighted by Crippen LogP contribution is -2.38. The molecule has 1 saturated heterocycles. The SMILES string of the molecule is COC(=O)[C@@H]1NO[C@H]2CCCC[C@H]21. The molecule has 0 unspecified atom stereocenters. The number of esters is 1. The lowest BCUT2D eigenvalue weighted by molar-refractivity contribution is -0.145. The van der Waals surface area contributed by atoms with Crippen LogP contribution in [0.1, 0.15) is 25.7 Å². The van der Waals surface area contributed by atoms with Crippen molar-refractivity contribution in [3.8, 4) is 0 Å². The molecular weight excluding hydrogens is 170 g/mol. The van der Waals surface area contributed by atoms with Gasteiger partial charge in [-0.1, -0.05) is 12.8 Å². The van der Waals surface area contributed by atoms with Crippen LogP contribution < -0.4 is 5.48 Å². The monoisotopic (exact) mass is 185 g/mol. The smallest absolute Gasteiger partial charge is 0.325 e. The molecule has 0 radical (unpaired) electrons. The third kappa shape index (κ3) is 1.56. The summed E-state index contributed by atoms with van der Waals surface area (Å²) in [6, 6.07) is -0.240. The molecule has 0 aromatic rings. The lowest BCUT2D eigenvalue weighted by atomic mass is 9.83. The van der Waals surface area contributed by atoms with E-state index in [9.17, 15) is 4.79 Å². The highest BCUT2D eigenvalue weighted by molar-refractivity contribution is 5.76. The molecule has 4 nitrogen and oxygen atoms in total. The number of ether oxygens (including phenoxy) is 1. The summed E-state index contributed by atoms with van der Waals surface area (Å²) in [5.41, 5.74) is 2.77. The maximum atomic E-state index is 11.3. The van der Waals surface area contributed by atoms with Crippen molar-refractivity contribution in [2.45, 2.75) is 37.8 Å². The van der Waals surface area contributed by atoms with Crippen LogP contribution in [0.15, 0.2) is 0 Å². The van der Waals surface area contributed by atoms with E-state index in [-0.39, 0.29) is 18.1 Å². The van der Waals surface area contributed by atoms with E-state index in [1.165, 1.54) is 20.0 Å². The summed E-state index contributed by atoms with van der Waals surface area (Å²) < 4.78 is 4.70. The Morgan fingerprint density at radius 1 is 1.46 bits per heavy atom. The molecule has 0 amide bonds. The first-order chi connectivity index (χ1) is 6.33. The van der Waals surface area contributed by atoms with E-state index in [1.54, 1.807) is 0 Å². The summed E-state index contributed by atoms with van der Waals surface area (Å²) in [7, 11) is 1.42. The number of hydrogen-bond donors (Lipinski definition) is 1. The van der Waals surface area contributed by atoms with E-state index in [4.69, 9.17) is 9.57 Å². The van der Waals surface area contributed by atoms with Crippen molar-refractivity contribution >= 4 is 5.97 Å². The highest BCUT2D eigenvalue weighted by atomic mass is 16.7. The van der Waals surface area contributed by atoms with Crippen LogP contribution in [0.4, 0.5) is 0 Å². The van der Waals surface area contributed by atoms with E-state index in [0.717, 1.165) is 12.8 Å². The molecule has 4 heteroatoms. The summed E-state index contributed by atoms with van der Waals surface area (Å²) in [4.78, 5) is 16.6. The van der Waals surface area contributed by atoms with Crippen molar-refractivity contribution in [2.75, 3.05) is 7.11 Å². The average molecular weight is 185 g/mol. The second-order valence-corrected chi connectivity index (χ2v) is 3.72. The molecule has 3 atom stereocenters. The Bertz CT molecular complexity index is 207. The van der Waals surface area contributed by atoms with Crippen molar-refractivity contribution in [1.29, 1.82) is 0 Å². The van der Waals surface area contributed by atoms with Gasteiger partial charge in [0.05, 0.1) is 13.2 Å². The molecule has 13 heavy (non-hydrogen) atoms. The molecule has 1 N–H and O–H groups in total. The van der Waals surface area contributed by atoms with Crippen LogP contribution >= 0.6 is 0 Å². The first-order valence-electron chi connectivity index (χ1n) is 4.82. The number of nitrogens with one attached hydrogen (secondary N) is 1. The topological polar surface area (TPSA) is 47.6 Å². The van der Waals surface area contributed by atoms with Gasteiger partial charge in [0, 0.05) is 5.92 Å². The summed E-state index contributed by atoms with van der Waals surface area (Å²) in [5, 5.41) is 0. The van der Waals surface area contributed by atoms with Gasteiger partial charge in [-0.15, -0.1) is 0 Å². The van der Waals surface area contributed by atoms with Crippen LogP contribution in [0.25, 0.3) is 0 Å². The molecule has 2 fully saturated rings. The van der Waals surface area contributed by atoms with E-state index in [2.05, 4.69) is 5.48 Å². The van der Waals surface area contributed by atoms with Gasteiger partial charge in [-0.3, -0.25) is 9.63 Å². The Kier molecular flexibility index (Phi) is 2.51. The molecule has 2 aliphatic rings. The zero-order valence-electron chi connectivity index (χ0n) is 7.79. The Hall–Kier alpha value is -0.610. The number of fused-ring (bicyclic) bond motifs is 1. The van der Waals surface area contributed by atoms with E-state index in [1.807, 2.05) is 0 Å². The molecular formula is C9H15NO3. The van der Waals surface area contributed by atoms with E-state index >= 15 is 0 Å². The van der Waals surface area contributed by atoms with Gasteiger partial charge < -0.3 is 4.74 Å². The maximum Gasteiger partial charge on any atom is 0.325 e. The average Bonchev–Trinajstić information content (AvgIpc) is 2.60. The minimum atomic E-state index is -0.240. The van der Waals surface area contributed by atoms with Crippen molar-refractivity contribution in [1.82, 2.24) is 5.48 Å². The fraction of sp³-hybridized carbons (Fsp3) is 0.889. The fourth-order valence-electron chi connectivity index (χ4n) is 2.25. The Morgan fingerprint density at radius 2 is 2.23 bits per heavy atom. The molecule has 1 saturated carbocycles. The van der Waals surface area contributed by atoms with Crippen LogP contribution in [0.5, 0.6) is 0 Å². The van der Waals surface area contributed by atoms with Crippen LogP contribution in [0.3, 0.4) is 0 Å². The molecule has 2 rings (SSSR count). The van der Waals surface area contributed by atoms with E-state index in [0.29, 0.717) is 5.92 Å². The summed E-state index contributed by atoms with van der Waals surface area (Å²) in [6.07, 6.45) is 4.75. The first kappa shape index (κ1) is 8.97. The number of rotatable bonds is 1. The van der Waals surface area contributed by atoms with Crippen LogP contribution in [0, 0.1) is 5.92 Å². The molecule has 74 valence electrons. The minimum absolute atomic E-state index is 0.200. The van der Waals surface area contributed by atoms with Gasteiger partial charge in [-0.25, -0.2) is 0 Å². The van der Waals surface area contributed by atoms with Crippen molar-refractivity contribution in [3.05, 3.63) is 0 Å². The van der Waals surface area contributed by atoms with Gasteiger partial charge >= 0.3 is 5.97 Å². The number of hydrogen-bond acceptors (Lipinski definition) is 4. The lowest BCUT2D eigenvalue weighted by Gasteiger charge is -2.24. The maximum absolute atomic E-state index is 11.3. The normalized spacial score (nSPS) is 38.4. The predicted molar refractivity (Wildman–Crippen MR) is 45.8 cm³/mol. The molecule has 1 heterocycles. The summed E-state index contributed by atoms with van der Waals surface area (Å²) in [6.45, 7) is 0. The van der Waals surface area contributed by atoms with Crippen LogP contribution in [0.2, 0.25) is 0 Å². The minimum Gasteiger partial charge on any atom is -0.468 e. The molecule has 1 aliphatic carbocycles. The van der Waals surface area contributed by atoms with Crippen molar-refractivity contribution in [2.24, 2.45) is 5.92 Å². The number of carbonyl (C=O) groups is 1. The zero-order valence-corrected chi connectivity index (χ0v) is 7.79. The van der Waals surface area contributed by atoms with E-state index < -0.39 is 0 Å². The zero-order chi connectivity index (χ0) is 9.26. The van der Waals surface area contributed by atoms with Gasteiger partial charge in [0.25, 0.3) is 0 Å². The summed E-state index contributed by atoms with van der Waals surface area (Å²) >= 11 is 0. The van der Waals surface area contributed by atoms with Crippen LogP contribution in [-0.2, 0) is 14.4 Å². The second-order valence-electron chi connectivity index (χ2n) is 3.72. The van der Waals surface area contributed by atoms with Gasteiger partial charge in [0.15, 0.2) is 0 Å². The molecule has 0 aromatic heterocycles. The van der Waals surface area contributed by atoms with Gasteiger partial charge in [-0.2, -0.15) is 5.48 Å². The number of carbonyl (C=O) groups excluding carboxylic acids is 1. The van der Waals surface area contributed by atoms with Crippen molar-refractivity contribution in [3.63, 3.8) is 0 Å². The third-order valence-corrected chi connectivity index (χ3v) is 2.98. The Labute approximate surface area is 77.5 Å². The van der Waals surface area contributed by atoms with Gasteiger partial charge in [0.1, 0.15) is 6.04 Å². The Balaban J connectivity index is 2.02. The molecule has 0 spiro atoms. The number of methoxy groups -OCH3 is 1.